The van der Waals surface area contributed by atoms with Crippen molar-refractivity contribution in [2.45, 2.75) is 54.9 Å². The summed E-state index contributed by atoms with van der Waals surface area (Å²) < 4.78 is 20.2. The third-order valence-electron chi connectivity index (χ3n) is 5.30. The summed E-state index contributed by atoms with van der Waals surface area (Å²) in [6.45, 7) is 0.336. The molecule has 2 atom stereocenters. The van der Waals surface area contributed by atoms with Crippen LogP contribution in [-0.2, 0) is 11.4 Å². The van der Waals surface area contributed by atoms with Gasteiger partial charge in [-0.25, -0.2) is 9.37 Å². The Morgan fingerprint density at radius 2 is 2.11 bits per heavy atom. The van der Waals surface area contributed by atoms with Crippen molar-refractivity contribution < 1.29 is 19.0 Å². The zero-order chi connectivity index (χ0) is 18.8. The summed E-state index contributed by atoms with van der Waals surface area (Å²) >= 11 is 1.81. The molecule has 0 amide bonds. The molecule has 2 aliphatic carbocycles. The molecule has 0 saturated heterocycles. The van der Waals surface area contributed by atoms with Gasteiger partial charge in [0.05, 0.1) is 5.92 Å². The Bertz CT molecular complexity index is 838. The minimum absolute atomic E-state index is 0.218. The number of hydrogen-bond donors (Lipinski definition) is 1. The predicted molar refractivity (Wildman–Crippen MR) is 102 cm³/mol. The van der Waals surface area contributed by atoms with Crippen molar-refractivity contribution in [3.63, 3.8) is 0 Å². The number of aliphatic carboxylic acids is 1. The Labute approximate surface area is 162 Å². The third-order valence-corrected chi connectivity index (χ3v) is 6.70. The van der Waals surface area contributed by atoms with Crippen LogP contribution in [0.2, 0.25) is 0 Å². The molecule has 1 aromatic carbocycles. The molecule has 0 spiro atoms. The van der Waals surface area contributed by atoms with Crippen LogP contribution in [-0.4, -0.2) is 21.3 Å². The van der Waals surface area contributed by atoms with Crippen molar-refractivity contribution in [1.82, 2.24) is 4.98 Å². The number of hydrogen-bond acceptors (Lipinski definition) is 4. The molecule has 4 nitrogen and oxygen atoms in total. The van der Waals surface area contributed by atoms with Crippen LogP contribution in [0.3, 0.4) is 0 Å². The number of benzene rings is 1. The summed E-state index contributed by atoms with van der Waals surface area (Å²) in [6, 6.07) is 8.61. The normalized spacial score (nSPS) is 22.0. The van der Waals surface area contributed by atoms with Gasteiger partial charge in [-0.2, -0.15) is 0 Å². The Morgan fingerprint density at radius 3 is 2.81 bits per heavy atom. The molecule has 27 heavy (non-hydrogen) atoms. The Morgan fingerprint density at radius 1 is 1.30 bits per heavy atom. The Kier molecular flexibility index (Phi) is 5.34. The lowest BCUT2D eigenvalue weighted by Crippen LogP contribution is -2.03. The fourth-order valence-corrected chi connectivity index (χ4v) is 4.96. The Balaban J connectivity index is 1.40. The molecule has 142 valence electrons. The van der Waals surface area contributed by atoms with Gasteiger partial charge in [-0.05, 0) is 37.0 Å². The first-order valence-corrected chi connectivity index (χ1v) is 10.3. The van der Waals surface area contributed by atoms with Crippen LogP contribution >= 0.6 is 11.8 Å². The topological polar surface area (TPSA) is 59.4 Å². The zero-order valence-corrected chi connectivity index (χ0v) is 15.8. The van der Waals surface area contributed by atoms with E-state index in [2.05, 4.69) is 4.98 Å². The van der Waals surface area contributed by atoms with Gasteiger partial charge in [0.25, 0.3) is 0 Å². The van der Waals surface area contributed by atoms with Crippen LogP contribution in [0.1, 0.15) is 49.1 Å². The predicted octanol–water partition coefficient (Wildman–Crippen LogP) is 5.02. The number of thioether (sulfide) groups is 1. The van der Waals surface area contributed by atoms with E-state index in [-0.39, 0.29) is 5.92 Å². The molecule has 1 N–H and O–H groups in total. The highest BCUT2D eigenvalue weighted by molar-refractivity contribution is 7.99. The van der Waals surface area contributed by atoms with Gasteiger partial charge in [-0.15, -0.1) is 11.8 Å². The largest absolute Gasteiger partial charge is 0.489 e. The summed E-state index contributed by atoms with van der Waals surface area (Å²) in [6.07, 6.45) is 7.32. The molecule has 4 rings (SSSR count). The second kappa shape index (κ2) is 7.89. The van der Waals surface area contributed by atoms with E-state index in [0.717, 1.165) is 10.6 Å². The highest BCUT2D eigenvalue weighted by atomic mass is 32.2. The van der Waals surface area contributed by atoms with Crippen molar-refractivity contribution in [3.05, 3.63) is 53.5 Å². The fraction of sp³-hybridized carbons (Fsp3) is 0.429. The summed E-state index contributed by atoms with van der Waals surface area (Å²) in [5, 5.41) is 10.6. The van der Waals surface area contributed by atoms with Crippen LogP contribution in [0.25, 0.3) is 0 Å². The van der Waals surface area contributed by atoms with Crippen molar-refractivity contribution in [1.29, 1.82) is 0 Å². The molecule has 6 heteroatoms. The minimum atomic E-state index is -0.858. The van der Waals surface area contributed by atoms with Crippen molar-refractivity contribution >= 4 is 17.7 Å². The van der Waals surface area contributed by atoms with Crippen LogP contribution in [0, 0.1) is 11.7 Å². The zero-order valence-electron chi connectivity index (χ0n) is 14.9. The number of pyridine rings is 1. The number of carboxylic acids is 1. The summed E-state index contributed by atoms with van der Waals surface area (Å²) in [5.41, 5.74) is 1.47. The van der Waals surface area contributed by atoms with E-state index < -0.39 is 17.7 Å². The quantitative estimate of drug-likeness (QED) is 0.723. The molecule has 2 fully saturated rings. The van der Waals surface area contributed by atoms with Crippen molar-refractivity contribution in [3.8, 4) is 5.75 Å². The maximum atomic E-state index is 14.4. The van der Waals surface area contributed by atoms with E-state index in [4.69, 9.17) is 9.84 Å². The first-order valence-electron chi connectivity index (χ1n) is 9.37. The van der Waals surface area contributed by atoms with Crippen molar-refractivity contribution in [2.24, 2.45) is 5.92 Å². The lowest BCUT2D eigenvalue weighted by molar-refractivity contribution is -0.138. The number of aromatic nitrogens is 1. The summed E-state index contributed by atoms with van der Waals surface area (Å²) in [4.78, 5) is 15.5. The average Bonchev–Trinajstić information content (AvgIpc) is 3.29. The van der Waals surface area contributed by atoms with E-state index in [1.54, 1.807) is 18.3 Å². The van der Waals surface area contributed by atoms with Gasteiger partial charge in [-0.3, -0.25) is 4.79 Å². The number of halogens is 1. The summed E-state index contributed by atoms with van der Waals surface area (Å²) in [7, 11) is 0. The van der Waals surface area contributed by atoms with E-state index in [0.29, 0.717) is 29.6 Å². The second-order valence-electron chi connectivity index (χ2n) is 7.25. The van der Waals surface area contributed by atoms with Gasteiger partial charge in [0.2, 0.25) is 0 Å². The smallest absolute Gasteiger partial charge is 0.307 e. The van der Waals surface area contributed by atoms with Gasteiger partial charge in [0.1, 0.15) is 23.2 Å². The van der Waals surface area contributed by atoms with E-state index in [1.165, 1.54) is 31.7 Å². The molecule has 1 aromatic heterocycles. The lowest BCUT2D eigenvalue weighted by atomic mass is 10.1. The van der Waals surface area contributed by atoms with Gasteiger partial charge in [-0.1, -0.05) is 25.0 Å². The van der Waals surface area contributed by atoms with Crippen LogP contribution in [0.4, 0.5) is 4.39 Å². The van der Waals surface area contributed by atoms with E-state index >= 15 is 0 Å². The highest BCUT2D eigenvalue weighted by Crippen LogP contribution is 2.48. The fourth-order valence-electron chi connectivity index (χ4n) is 3.68. The first-order chi connectivity index (χ1) is 13.1. The SMILES string of the molecule is O=C(O)C1CC1c1ccc(OCc2cccnc2SC2CCCC2)cc1F. The number of ether oxygens (including phenoxy) is 1. The highest BCUT2D eigenvalue weighted by Gasteiger charge is 2.45. The molecule has 0 aliphatic heterocycles. The third kappa shape index (κ3) is 4.26. The molecule has 0 bridgehead atoms. The minimum Gasteiger partial charge on any atom is -0.489 e. The van der Waals surface area contributed by atoms with Crippen LogP contribution in [0.15, 0.2) is 41.6 Å². The second-order valence-corrected chi connectivity index (χ2v) is 8.54. The van der Waals surface area contributed by atoms with Crippen LogP contribution < -0.4 is 4.74 Å². The molecular formula is C21H22FNO3S. The standard InChI is InChI=1S/C21H22FNO3S/c22-19-10-14(7-8-16(19)17-11-18(17)21(24)25)26-12-13-4-3-9-23-20(13)27-15-5-1-2-6-15/h3-4,7-10,15,17-18H,1-2,5-6,11-12H2,(H,24,25). The number of rotatable bonds is 7. The monoisotopic (exact) mass is 387 g/mol. The van der Waals surface area contributed by atoms with Gasteiger partial charge in [0.15, 0.2) is 0 Å². The number of nitrogens with zero attached hydrogens (tertiary/aromatic N) is 1. The molecular weight excluding hydrogens is 365 g/mol. The number of carboxylic acid groups (broad SMARTS) is 1. The Hall–Kier alpha value is -2.08. The lowest BCUT2D eigenvalue weighted by Gasteiger charge is -2.13. The number of carbonyl (C=O) groups is 1. The van der Waals surface area contributed by atoms with Crippen molar-refractivity contribution in [2.75, 3.05) is 0 Å². The van der Waals surface area contributed by atoms with E-state index in [9.17, 15) is 9.18 Å². The molecule has 2 unspecified atom stereocenters. The molecule has 0 radical (unpaired) electrons. The molecule has 2 saturated carbocycles. The molecule has 2 aliphatic rings. The van der Waals surface area contributed by atoms with E-state index in [1.807, 2.05) is 23.9 Å². The van der Waals surface area contributed by atoms with Crippen LogP contribution in [0.5, 0.6) is 5.75 Å². The summed E-state index contributed by atoms with van der Waals surface area (Å²) in [5.74, 6) is -1.48. The molecule has 2 aromatic rings. The maximum absolute atomic E-state index is 14.4. The molecule has 1 heterocycles. The average molecular weight is 387 g/mol. The van der Waals surface area contributed by atoms with Gasteiger partial charge in [0, 0.05) is 29.0 Å². The van der Waals surface area contributed by atoms with Gasteiger partial charge >= 0.3 is 5.97 Å². The maximum Gasteiger partial charge on any atom is 0.307 e. The van der Waals surface area contributed by atoms with Gasteiger partial charge < -0.3 is 9.84 Å². The first kappa shape index (κ1) is 18.3.